The molecule has 1 aliphatic rings. The zero-order valence-corrected chi connectivity index (χ0v) is 16.4. The van der Waals surface area contributed by atoms with E-state index in [-0.39, 0.29) is 24.0 Å². The molecule has 2 rings (SSSR count). The minimum atomic E-state index is 0. The van der Waals surface area contributed by atoms with Crippen molar-refractivity contribution in [2.45, 2.75) is 33.2 Å². The van der Waals surface area contributed by atoms with Crippen LogP contribution in [0.2, 0.25) is 0 Å². The number of aryl methyl sites for hydroxylation is 1. The molecule has 0 bridgehead atoms. The van der Waals surface area contributed by atoms with Crippen molar-refractivity contribution in [2.75, 3.05) is 26.3 Å². The number of halogens is 1. The van der Waals surface area contributed by atoms with E-state index in [0.717, 1.165) is 50.1 Å². The Morgan fingerprint density at radius 1 is 1.45 bits per heavy atom. The van der Waals surface area contributed by atoms with E-state index in [1.165, 1.54) is 10.5 Å². The summed E-state index contributed by atoms with van der Waals surface area (Å²) in [6, 6.07) is 0. The molecule has 0 atom stereocenters. The molecule has 22 heavy (non-hydrogen) atoms. The summed E-state index contributed by atoms with van der Waals surface area (Å²) in [5.41, 5.74) is 1.47. The van der Waals surface area contributed by atoms with Gasteiger partial charge in [0, 0.05) is 24.2 Å². The molecule has 5 nitrogen and oxygen atoms in total. The number of thiazole rings is 1. The second-order valence-electron chi connectivity index (χ2n) is 4.92. The lowest BCUT2D eigenvalue weighted by Crippen LogP contribution is -2.38. The highest BCUT2D eigenvalue weighted by Crippen LogP contribution is 2.12. The molecule has 124 valence electrons. The molecule has 0 aliphatic carbocycles. The van der Waals surface area contributed by atoms with Crippen molar-refractivity contribution < 1.29 is 4.74 Å². The standard InChI is InChI=1S/C15H24N4OS.HI/c1-3-16-15(19-11-14-18-10-12(2)21-14)17-7-4-13-5-8-20-9-6-13;/h5,10H,3-4,6-9,11H2,1-2H3,(H2,16,17,19);1H. The molecule has 0 radical (unpaired) electrons. The molecule has 0 unspecified atom stereocenters. The summed E-state index contributed by atoms with van der Waals surface area (Å²) in [4.78, 5) is 10.1. The molecule has 0 amide bonds. The van der Waals surface area contributed by atoms with Crippen molar-refractivity contribution in [3.63, 3.8) is 0 Å². The van der Waals surface area contributed by atoms with E-state index in [9.17, 15) is 0 Å². The van der Waals surface area contributed by atoms with E-state index in [1.807, 2.05) is 6.20 Å². The van der Waals surface area contributed by atoms with Crippen molar-refractivity contribution in [1.29, 1.82) is 0 Å². The SMILES string of the molecule is CCNC(=NCc1ncc(C)s1)NCCC1=CCOCC1.I. The molecule has 0 spiro atoms. The Labute approximate surface area is 153 Å². The maximum absolute atomic E-state index is 5.32. The van der Waals surface area contributed by atoms with E-state index in [0.29, 0.717) is 6.54 Å². The summed E-state index contributed by atoms with van der Waals surface area (Å²) >= 11 is 1.70. The summed E-state index contributed by atoms with van der Waals surface area (Å²) in [6.07, 6.45) is 6.18. The van der Waals surface area contributed by atoms with E-state index in [1.54, 1.807) is 11.3 Å². The Morgan fingerprint density at radius 3 is 2.95 bits per heavy atom. The van der Waals surface area contributed by atoms with Gasteiger partial charge in [-0.25, -0.2) is 9.98 Å². The summed E-state index contributed by atoms with van der Waals surface area (Å²) in [6.45, 7) is 8.14. The van der Waals surface area contributed by atoms with Gasteiger partial charge in [-0.1, -0.05) is 11.6 Å². The van der Waals surface area contributed by atoms with Gasteiger partial charge < -0.3 is 15.4 Å². The number of ether oxygens (including phenoxy) is 1. The number of hydrogen-bond donors (Lipinski definition) is 2. The average molecular weight is 436 g/mol. The highest BCUT2D eigenvalue weighted by molar-refractivity contribution is 14.0. The van der Waals surface area contributed by atoms with Crippen LogP contribution in [0.15, 0.2) is 22.8 Å². The van der Waals surface area contributed by atoms with Crippen LogP contribution in [-0.4, -0.2) is 37.2 Å². The number of aromatic nitrogens is 1. The number of hydrogen-bond acceptors (Lipinski definition) is 4. The van der Waals surface area contributed by atoms with Crippen LogP contribution in [0, 0.1) is 6.92 Å². The van der Waals surface area contributed by atoms with Crippen molar-refractivity contribution in [3.05, 3.63) is 27.7 Å². The molecular weight excluding hydrogens is 411 g/mol. The van der Waals surface area contributed by atoms with E-state index >= 15 is 0 Å². The molecule has 1 aromatic heterocycles. The molecule has 0 saturated carbocycles. The van der Waals surface area contributed by atoms with Crippen LogP contribution in [0.1, 0.15) is 29.7 Å². The largest absolute Gasteiger partial charge is 0.377 e. The highest BCUT2D eigenvalue weighted by Gasteiger charge is 2.04. The fourth-order valence-corrected chi connectivity index (χ4v) is 2.81. The number of nitrogens with zero attached hydrogens (tertiary/aromatic N) is 2. The Hall–Kier alpha value is -0.670. The number of rotatable bonds is 6. The van der Waals surface area contributed by atoms with Gasteiger partial charge in [0.1, 0.15) is 5.01 Å². The monoisotopic (exact) mass is 436 g/mol. The van der Waals surface area contributed by atoms with Crippen molar-refractivity contribution in [2.24, 2.45) is 4.99 Å². The maximum Gasteiger partial charge on any atom is 0.191 e. The van der Waals surface area contributed by atoms with Gasteiger partial charge in [0.15, 0.2) is 5.96 Å². The van der Waals surface area contributed by atoms with Crippen molar-refractivity contribution in [3.8, 4) is 0 Å². The third-order valence-electron chi connectivity index (χ3n) is 3.18. The minimum absolute atomic E-state index is 0. The quantitative estimate of drug-likeness (QED) is 0.312. The van der Waals surface area contributed by atoms with Crippen LogP contribution >= 0.6 is 35.3 Å². The topological polar surface area (TPSA) is 58.5 Å². The first-order valence-corrected chi connectivity index (χ1v) is 8.28. The van der Waals surface area contributed by atoms with E-state index in [4.69, 9.17) is 4.74 Å². The number of guanidine groups is 1. The predicted molar refractivity (Wildman–Crippen MR) is 103 cm³/mol. The molecule has 1 aliphatic heterocycles. The van der Waals surface area contributed by atoms with Crippen molar-refractivity contribution >= 4 is 41.3 Å². The van der Waals surface area contributed by atoms with Gasteiger partial charge in [0.25, 0.3) is 0 Å². The first kappa shape index (κ1) is 19.4. The Bertz CT molecular complexity index is 501. The highest BCUT2D eigenvalue weighted by atomic mass is 127. The normalized spacial score (nSPS) is 15.0. The Kier molecular flexibility index (Phi) is 9.65. The third-order valence-corrected chi connectivity index (χ3v) is 4.08. The molecule has 0 fully saturated rings. The smallest absolute Gasteiger partial charge is 0.191 e. The average Bonchev–Trinajstić information content (AvgIpc) is 2.91. The third kappa shape index (κ3) is 7.06. The van der Waals surface area contributed by atoms with Crippen LogP contribution in [0.5, 0.6) is 0 Å². The molecule has 0 aromatic carbocycles. The van der Waals surface area contributed by atoms with E-state index < -0.39 is 0 Å². The maximum atomic E-state index is 5.32. The van der Waals surface area contributed by atoms with Crippen LogP contribution < -0.4 is 10.6 Å². The van der Waals surface area contributed by atoms with Gasteiger partial charge in [-0.3, -0.25) is 0 Å². The molecule has 1 aromatic rings. The van der Waals surface area contributed by atoms with Crippen LogP contribution in [0.4, 0.5) is 0 Å². The second kappa shape index (κ2) is 11.0. The lowest BCUT2D eigenvalue weighted by atomic mass is 10.1. The summed E-state index contributed by atoms with van der Waals surface area (Å²) in [7, 11) is 0. The lowest BCUT2D eigenvalue weighted by Gasteiger charge is -2.15. The van der Waals surface area contributed by atoms with E-state index in [2.05, 4.69) is 40.5 Å². The summed E-state index contributed by atoms with van der Waals surface area (Å²) in [5.74, 6) is 0.859. The fraction of sp³-hybridized carbons (Fsp3) is 0.600. The zero-order valence-electron chi connectivity index (χ0n) is 13.2. The predicted octanol–water partition coefficient (Wildman–Crippen LogP) is 2.86. The first-order valence-electron chi connectivity index (χ1n) is 7.47. The number of nitrogens with one attached hydrogen (secondary N) is 2. The van der Waals surface area contributed by atoms with Gasteiger partial charge in [-0.2, -0.15) is 0 Å². The van der Waals surface area contributed by atoms with Gasteiger partial charge in [-0.05, 0) is 26.7 Å². The van der Waals surface area contributed by atoms with Gasteiger partial charge in [-0.15, -0.1) is 35.3 Å². The Balaban J connectivity index is 0.00000242. The van der Waals surface area contributed by atoms with Crippen molar-refractivity contribution in [1.82, 2.24) is 15.6 Å². The molecular formula is C15H25IN4OS. The summed E-state index contributed by atoms with van der Waals surface area (Å²) < 4.78 is 5.32. The zero-order chi connectivity index (χ0) is 14.9. The molecule has 0 saturated heterocycles. The molecule has 2 N–H and O–H groups in total. The fourth-order valence-electron chi connectivity index (χ4n) is 2.10. The van der Waals surface area contributed by atoms with Crippen LogP contribution in [-0.2, 0) is 11.3 Å². The molecule has 7 heteroatoms. The van der Waals surface area contributed by atoms with Crippen LogP contribution in [0.3, 0.4) is 0 Å². The van der Waals surface area contributed by atoms with Gasteiger partial charge in [0.2, 0.25) is 0 Å². The van der Waals surface area contributed by atoms with Gasteiger partial charge in [0.05, 0.1) is 19.8 Å². The Morgan fingerprint density at radius 2 is 2.32 bits per heavy atom. The lowest BCUT2D eigenvalue weighted by molar-refractivity contribution is 0.153. The van der Waals surface area contributed by atoms with Crippen LogP contribution in [0.25, 0.3) is 0 Å². The van der Waals surface area contributed by atoms with Gasteiger partial charge >= 0.3 is 0 Å². The summed E-state index contributed by atoms with van der Waals surface area (Å²) in [5, 5.41) is 7.70. The molecule has 2 heterocycles. The first-order chi connectivity index (χ1) is 10.3. The second-order valence-corrected chi connectivity index (χ2v) is 6.24. The minimum Gasteiger partial charge on any atom is -0.377 e. The number of aliphatic imine (C=N–C) groups is 1.